The Hall–Kier alpha value is -2.47. The second kappa shape index (κ2) is 5.73. The minimum atomic E-state index is -0.0978. The third-order valence-electron chi connectivity index (χ3n) is 3.61. The van der Waals surface area contributed by atoms with Crippen molar-refractivity contribution in [2.75, 3.05) is 6.61 Å². The van der Waals surface area contributed by atoms with Crippen molar-refractivity contribution in [2.24, 2.45) is 7.05 Å². The van der Waals surface area contributed by atoms with E-state index in [-0.39, 0.29) is 5.56 Å². The van der Waals surface area contributed by atoms with Gasteiger partial charge in [0.05, 0.1) is 11.4 Å². The molecule has 2 heterocycles. The summed E-state index contributed by atoms with van der Waals surface area (Å²) in [4.78, 5) is 17.2. The number of rotatable bonds is 4. The molecular formula is C16H18N4O2. The molecule has 0 aliphatic rings. The number of hydrogen-bond donors (Lipinski definition) is 0. The standard InChI is InChI=1S/C16H18N4O2/c1-4-22-10-13-17-15-14(16(21)19(13)3)11(2)18-20(15)12-8-6-5-7-9-12/h5-9H,4,10H2,1-3H3. The second-order valence-corrected chi connectivity index (χ2v) is 5.06. The fraction of sp³-hybridized carbons (Fsp3) is 0.312. The number of para-hydroxylation sites is 1. The number of aromatic nitrogens is 4. The summed E-state index contributed by atoms with van der Waals surface area (Å²) in [5, 5.41) is 5.03. The van der Waals surface area contributed by atoms with E-state index in [1.165, 1.54) is 4.57 Å². The highest BCUT2D eigenvalue weighted by atomic mass is 16.5. The van der Waals surface area contributed by atoms with Gasteiger partial charge >= 0.3 is 0 Å². The summed E-state index contributed by atoms with van der Waals surface area (Å²) in [5.41, 5.74) is 2.03. The molecular weight excluding hydrogens is 280 g/mol. The van der Waals surface area contributed by atoms with E-state index in [0.29, 0.717) is 35.8 Å². The minimum Gasteiger partial charge on any atom is -0.374 e. The first-order valence-electron chi connectivity index (χ1n) is 7.22. The van der Waals surface area contributed by atoms with Gasteiger partial charge in [-0.15, -0.1) is 0 Å². The lowest BCUT2D eigenvalue weighted by Crippen LogP contribution is -2.23. The van der Waals surface area contributed by atoms with Crippen molar-refractivity contribution in [3.05, 3.63) is 52.2 Å². The van der Waals surface area contributed by atoms with E-state index in [0.717, 1.165) is 5.69 Å². The molecule has 0 radical (unpaired) electrons. The first kappa shape index (κ1) is 14.5. The van der Waals surface area contributed by atoms with Crippen molar-refractivity contribution < 1.29 is 4.74 Å². The number of aryl methyl sites for hydroxylation is 1. The minimum absolute atomic E-state index is 0.0978. The van der Waals surface area contributed by atoms with Gasteiger partial charge in [-0.2, -0.15) is 5.10 Å². The highest BCUT2D eigenvalue weighted by Crippen LogP contribution is 2.17. The monoisotopic (exact) mass is 298 g/mol. The Balaban J connectivity index is 2.28. The SMILES string of the molecule is CCOCc1nc2c(c(C)nn2-c2ccccc2)c(=O)n1C. The number of nitrogens with zero attached hydrogens (tertiary/aromatic N) is 4. The molecule has 0 saturated carbocycles. The lowest BCUT2D eigenvalue weighted by atomic mass is 10.3. The quantitative estimate of drug-likeness (QED) is 0.739. The molecule has 0 saturated heterocycles. The average Bonchev–Trinajstić information content (AvgIpc) is 2.87. The predicted molar refractivity (Wildman–Crippen MR) is 84.2 cm³/mol. The molecule has 1 aromatic carbocycles. The normalized spacial score (nSPS) is 11.2. The number of fused-ring (bicyclic) bond motifs is 1. The van der Waals surface area contributed by atoms with Crippen LogP contribution in [0.4, 0.5) is 0 Å². The summed E-state index contributed by atoms with van der Waals surface area (Å²) >= 11 is 0. The van der Waals surface area contributed by atoms with Gasteiger partial charge in [0.2, 0.25) is 0 Å². The third-order valence-corrected chi connectivity index (χ3v) is 3.61. The summed E-state index contributed by atoms with van der Waals surface area (Å²) in [6.07, 6.45) is 0. The van der Waals surface area contributed by atoms with E-state index < -0.39 is 0 Å². The summed E-state index contributed by atoms with van der Waals surface area (Å²) in [7, 11) is 1.71. The molecule has 0 spiro atoms. The van der Waals surface area contributed by atoms with Crippen LogP contribution in [0, 0.1) is 6.92 Å². The molecule has 0 bridgehead atoms. The number of hydrogen-bond acceptors (Lipinski definition) is 4. The van der Waals surface area contributed by atoms with Crippen LogP contribution in [0.1, 0.15) is 18.4 Å². The fourth-order valence-corrected chi connectivity index (χ4v) is 2.42. The van der Waals surface area contributed by atoms with Gasteiger partial charge in [-0.25, -0.2) is 9.67 Å². The third kappa shape index (κ3) is 2.31. The van der Waals surface area contributed by atoms with Crippen LogP contribution in [0.2, 0.25) is 0 Å². The van der Waals surface area contributed by atoms with Crippen LogP contribution in [0.3, 0.4) is 0 Å². The van der Waals surface area contributed by atoms with Crippen LogP contribution >= 0.6 is 0 Å². The molecule has 0 fully saturated rings. The van der Waals surface area contributed by atoms with Crippen molar-refractivity contribution in [3.63, 3.8) is 0 Å². The van der Waals surface area contributed by atoms with Gasteiger partial charge in [0.15, 0.2) is 5.65 Å². The molecule has 3 aromatic rings. The highest BCUT2D eigenvalue weighted by molar-refractivity contribution is 5.78. The Kier molecular flexibility index (Phi) is 3.77. The Bertz CT molecular complexity index is 865. The molecule has 0 amide bonds. The first-order valence-corrected chi connectivity index (χ1v) is 7.22. The van der Waals surface area contributed by atoms with Gasteiger partial charge < -0.3 is 4.74 Å². The van der Waals surface area contributed by atoms with Crippen molar-refractivity contribution in [1.82, 2.24) is 19.3 Å². The molecule has 6 nitrogen and oxygen atoms in total. The number of ether oxygens (including phenoxy) is 1. The largest absolute Gasteiger partial charge is 0.374 e. The molecule has 0 aliphatic carbocycles. The van der Waals surface area contributed by atoms with Crippen LogP contribution in [0.15, 0.2) is 35.1 Å². The van der Waals surface area contributed by atoms with Crippen molar-refractivity contribution in [3.8, 4) is 5.69 Å². The van der Waals surface area contributed by atoms with Crippen molar-refractivity contribution >= 4 is 11.0 Å². The van der Waals surface area contributed by atoms with Gasteiger partial charge in [-0.1, -0.05) is 18.2 Å². The van der Waals surface area contributed by atoms with Gasteiger partial charge in [-0.3, -0.25) is 9.36 Å². The Morgan fingerprint density at radius 3 is 2.64 bits per heavy atom. The maximum Gasteiger partial charge on any atom is 0.264 e. The highest BCUT2D eigenvalue weighted by Gasteiger charge is 2.17. The molecule has 6 heteroatoms. The van der Waals surface area contributed by atoms with Crippen LogP contribution in [-0.4, -0.2) is 25.9 Å². The van der Waals surface area contributed by atoms with E-state index >= 15 is 0 Å². The molecule has 2 aromatic heterocycles. The Labute approximate surface area is 128 Å². The molecule has 22 heavy (non-hydrogen) atoms. The van der Waals surface area contributed by atoms with Gasteiger partial charge in [0.1, 0.15) is 17.8 Å². The van der Waals surface area contributed by atoms with Crippen LogP contribution in [-0.2, 0) is 18.4 Å². The van der Waals surface area contributed by atoms with E-state index in [1.807, 2.05) is 44.2 Å². The smallest absolute Gasteiger partial charge is 0.264 e. The van der Waals surface area contributed by atoms with Gasteiger partial charge in [-0.05, 0) is 26.0 Å². The molecule has 0 atom stereocenters. The first-order chi connectivity index (χ1) is 10.6. The summed E-state index contributed by atoms with van der Waals surface area (Å²) < 4.78 is 8.64. The molecule has 3 rings (SSSR count). The molecule has 0 aliphatic heterocycles. The molecule has 114 valence electrons. The van der Waals surface area contributed by atoms with Gasteiger partial charge in [0, 0.05) is 13.7 Å². The van der Waals surface area contributed by atoms with Crippen molar-refractivity contribution in [2.45, 2.75) is 20.5 Å². The zero-order chi connectivity index (χ0) is 15.7. The van der Waals surface area contributed by atoms with Crippen LogP contribution in [0.25, 0.3) is 16.7 Å². The van der Waals surface area contributed by atoms with Gasteiger partial charge in [0.25, 0.3) is 5.56 Å². The summed E-state index contributed by atoms with van der Waals surface area (Å²) in [6.45, 7) is 4.62. The second-order valence-electron chi connectivity index (χ2n) is 5.06. The number of benzene rings is 1. The fourth-order valence-electron chi connectivity index (χ4n) is 2.42. The Morgan fingerprint density at radius 2 is 1.95 bits per heavy atom. The predicted octanol–water partition coefficient (Wildman–Crippen LogP) is 1.96. The summed E-state index contributed by atoms with van der Waals surface area (Å²) in [5.74, 6) is 0.594. The van der Waals surface area contributed by atoms with E-state index in [1.54, 1.807) is 11.7 Å². The average molecular weight is 298 g/mol. The Morgan fingerprint density at radius 1 is 1.23 bits per heavy atom. The van der Waals surface area contributed by atoms with Crippen LogP contribution in [0.5, 0.6) is 0 Å². The molecule has 0 unspecified atom stereocenters. The zero-order valence-corrected chi connectivity index (χ0v) is 12.9. The zero-order valence-electron chi connectivity index (χ0n) is 12.9. The lowest BCUT2D eigenvalue weighted by molar-refractivity contribution is 0.125. The maximum atomic E-state index is 12.6. The van der Waals surface area contributed by atoms with Crippen molar-refractivity contribution in [1.29, 1.82) is 0 Å². The van der Waals surface area contributed by atoms with E-state index in [9.17, 15) is 4.79 Å². The maximum absolute atomic E-state index is 12.6. The molecule has 0 N–H and O–H groups in total. The van der Waals surface area contributed by atoms with E-state index in [2.05, 4.69) is 10.1 Å². The van der Waals surface area contributed by atoms with Crippen LogP contribution < -0.4 is 5.56 Å². The lowest BCUT2D eigenvalue weighted by Gasteiger charge is -2.08. The summed E-state index contributed by atoms with van der Waals surface area (Å²) in [6, 6.07) is 9.68. The topological polar surface area (TPSA) is 61.9 Å². The van der Waals surface area contributed by atoms with E-state index in [4.69, 9.17) is 4.74 Å².